The lowest BCUT2D eigenvalue weighted by Gasteiger charge is -2.30. The number of aryl methyl sites for hydroxylation is 1. The molecule has 4 rings (SSSR count). The SMILES string of the molecule is Cc1cc(C2C(c3ccccn3)NC(=S)N2CCCN2CCOCC2)c(C)n1C. The van der Waals surface area contributed by atoms with Crippen molar-refractivity contribution >= 4 is 17.3 Å². The van der Waals surface area contributed by atoms with Crippen LogP contribution in [-0.4, -0.2) is 63.9 Å². The van der Waals surface area contributed by atoms with E-state index in [1.807, 2.05) is 18.3 Å². The average Bonchev–Trinajstić information content (AvgIpc) is 3.20. The van der Waals surface area contributed by atoms with Crippen molar-refractivity contribution in [1.82, 2.24) is 24.7 Å². The van der Waals surface area contributed by atoms with Gasteiger partial charge in [0.2, 0.25) is 0 Å². The number of ether oxygens (including phenoxy) is 1. The summed E-state index contributed by atoms with van der Waals surface area (Å²) in [6.45, 7) is 10.1. The first-order valence-electron chi connectivity index (χ1n) is 10.5. The standard InChI is InChI=1S/C22H31N5OS/c1-16-15-18(17(2)25(16)3)21-20(19-7-4-5-8-23-19)24-22(29)27(21)10-6-9-26-11-13-28-14-12-26/h4-5,7-8,15,20-21H,6,9-14H2,1-3H3,(H,24,29). The molecule has 2 saturated heterocycles. The van der Waals surface area contributed by atoms with Gasteiger partial charge in [0.05, 0.1) is 31.0 Å². The fourth-order valence-electron chi connectivity index (χ4n) is 4.46. The first-order valence-corrected chi connectivity index (χ1v) is 10.9. The van der Waals surface area contributed by atoms with Crippen molar-refractivity contribution in [2.75, 3.05) is 39.4 Å². The Bertz CT molecular complexity index is 846. The highest BCUT2D eigenvalue weighted by atomic mass is 32.1. The number of thiocarbonyl (C=S) groups is 1. The van der Waals surface area contributed by atoms with E-state index < -0.39 is 0 Å². The van der Waals surface area contributed by atoms with Gasteiger partial charge in [-0.3, -0.25) is 9.88 Å². The molecule has 2 atom stereocenters. The lowest BCUT2D eigenvalue weighted by atomic mass is 9.96. The Labute approximate surface area is 178 Å². The van der Waals surface area contributed by atoms with Crippen LogP contribution in [0, 0.1) is 13.8 Å². The van der Waals surface area contributed by atoms with Crippen LogP contribution in [0.2, 0.25) is 0 Å². The minimum Gasteiger partial charge on any atom is -0.379 e. The minimum absolute atomic E-state index is 0.0626. The zero-order chi connectivity index (χ0) is 20.4. The third-order valence-electron chi connectivity index (χ3n) is 6.31. The third kappa shape index (κ3) is 4.17. The number of rotatable bonds is 6. The molecule has 0 spiro atoms. The topological polar surface area (TPSA) is 45.6 Å². The summed E-state index contributed by atoms with van der Waals surface area (Å²) in [5.41, 5.74) is 4.93. The van der Waals surface area contributed by atoms with E-state index in [0.717, 1.165) is 56.6 Å². The number of hydrogen-bond acceptors (Lipinski definition) is 4. The molecule has 2 fully saturated rings. The zero-order valence-electron chi connectivity index (χ0n) is 17.6. The van der Waals surface area contributed by atoms with Crippen molar-refractivity contribution in [2.24, 2.45) is 7.05 Å². The molecule has 0 saturated carbocycles. The van der Waals surface area contributed by atoms with Gasteiger partial charge in [-0.2, -0.15) is 0 Å². The molecule has 156 valence electrons. The number of nitrogens with zero attached hydrogens (tertiary/aromatic N) is 4. The first kappa shape index (κ1) is 20.3. The molecule has 0 aromatic carbocycles. The average molecular weight is 414 g/mol. The Balaban J connectivity index is 1.57. The molecular weight excluding hydrogens is 382 g/mol. The normalized spacial score (nSPS) is 22.9. The molecular formula is C22H31N5OS. The highest BCUT2D eigenvalue weighted by Gasteiger charge is 2.40. The second-order valence-electron chi connectivity index (χ2n) is 8.01. The Kier molecular flexibility index (Phi) is 6.18. The lowest BCUT2D eigenvalue weighted by Crippen LogP contribution is -2.39. The molecule has 0 amide bonds. The van der Waals surface area contributed by atoms with Crippen LogP contribution >= 0.6 is 12.2 Å². The summed E-state index contributed by atoms with van der Waals surface area (Å²) in [7, 11) is 2.13. The molecule has 1 N–H and O–H groups in total. The summed E-state index contributed by atoms with van der Waals surface area (Å²) in [6, 6.07) is 8.63. The maximum atomic E-state index is 5.79. The van der Waals surface area contributed by atoms with Gasteiger partial charge in [0.25, 0.3) is 0 Å². The predicted octanol–water partition coefficient (Wildman–Crippen LogP) is 2.73. The second-order valence-corrected chi connectivity index (χ2v) is 8.40. The van der Waals surface area contributed by atoms with Crippen molar-refractivity contribution in [3.05, 3.63) is 53.1 Å². The van der Waals surface area contributed by atoms with Gasteiger partial charge in [-0.1, -0.05) is 6.07 Å². The molecule has 0 radical (unpaired) electrons. The molecule has 4 heterocycles. The van der Waals surface area contributed by atoms with E-state index >= 15 is 0 Å². The van der Waals surface area contributed by atoms with Gasteiger partial charge < -0.3 is 19.5 Å². The van der Waals surface area contributed by atoms with E-state index in [2.05, 4.69) is 57.7 Å². The van der Waals surface area contributed by atoms with E-state index in [0.29, 0.717) is 0 Å². The Morgan fingerprint density at radius 1 is 1.21 bits per heavy atom. The smallest absolute Gasteiger partial charge is 0.170 e. The summed E-state index contributed by atoms with van der Waals surface area (Å²) in [4.78, 5) is 9.50. The van der Waals surface area contributed by atoms with Crippen LogP contribution in [0.15, 0.2) is 30.5 Å². The largest absolute Gasteiger partial charge is 0.379 e. The van der Waals surface area contributed by atoms with Gasteiger partial charge >= 0.3 is 0 Å². The fraction of sp³-hybridized carbons (Fsp3) is 0.545. The Hall–Kier alpha value is -1.96. The first-order chi connectivity index (χ1) is 14.1. The summed E-state index contributed by atoms with van der Waals surface area (Å²) in [5, 5.41) is 4.39. The fourth-order valence-corrected chi connectivity index (χ4v) is 4.79. The summed E-state index contributed by atoms with van der Waals surface area (Å²) in [6.07, 6.45) is 2.94. The van der Waals surface area contributed by atoms with Crippen molar-refractivity contribution in [1.29, 1.82) is 0 Å². The number of pyridine rings is 1. The van der Waals surface area contributed by atoms with Gasteiger partial charge in [-0.15, -0.1) is 0 Å². The molecule has 7 heteroatoms. The van der Waals surface area contributed by atoms with Crippen molar-refractivity contribution in [3.8, 4) is 0 Å². The molecule has 0 bridgehead atoms. The van der Waals surface area contributed by atoms with E-state index in [1.165, 1.54) is 17.0 Å². The molecule has 29 heavy (non-hydrogen) atoms. The summed E-state index contributed by atoms with van der Waals surface area (Å²) in [5.74, 6) is 0. The molecule has 0 aliphatic carbocycles. The number of morpholine rings is 1. The van der Waals surface area contributed by atoms with Gasteiger partial charge in [-0.05, 0) is 56.2 Å². The van der Waals surface area contributed by atoms with E-state index in [9.17, 15) is 0 Å². The van der Waals surface area contributed by atoms with Crippen LogP contribution in [0.3, 0.4) is 0 Å². The second kappa shape index (κ2) is 8.81. The van der Waals surface area contributed by atoms with Crippen LogP contribution in [0.4, 0.5) is 0 Å². The van der Waals surface area contributed by atoms with Crippen LogP contribution in [0.25, 0.3) is 0 Å². The van der Waals surface area contributed by atoms with E-state index in [1.54, 1.807) is 0 Å². The molecule has 6 nitrogen and oxygen atoms in total. The van der Waals surface area contributed by atoms with Crippen LogP contribution in [-0.2, 0) is 11.8 Å². The van der Waals surface area contributed by atoms with Crippen molar-refractivity contribution in [2.45, 2.75) is 32.4 Å². The number of aromatic nitrogens is 2. The molecule has 2 aliphatic rings. The van der Waals surface area contributed by atoms with Gasteiger partial charge in [-0.25, -0.2) is 0 Å². The zero-order valence-corrected chi connectivity index (χ0v) is 18.4. The van der Waals surface area contributed by atoms with E-state index in [-0.39, 0.29) is 12.1 Å². The van der Waals surface area contributed by atoms with Crippen LogP contribution in [0.1, 0.15) is 41.1 Å². The third-order valence-corrected chi connectivity index (χ3v) is 6.66. The predicted molar refractivity (Wildman–Crippen MR) is 119 cm³/mol. The van der Waals surface area contributed by atoms with Crippen LogP contribution in [0.5, 0.6) is 0 Å². The number of nitrogens with one attached hydrogen (secondary N) is 1. The number of hydrogen-bond donors (Lipinski definition) is 1. The van der Waals surface area contributed by atoms with Gasteiger partial charge in [0.1, 0.15) is 0 Å². The minimum atomic E-state index is 0.0626. The molecule has 2 aromatic heterocycles. The maximum Gasteiger partial charge on any atom is 0.170 e. The Morgan fingerprint density at radius 3 is 2.66 bits per heavy atom. The quantitative estimate of drug-likeness (QED) is 0.735. The summed E-state index contributed by atoms with van der Waals surface area (Å²) < 4.78 is 7.73. The van der Waals surface area contributed by atoms with Crippen molar-refractivity contribution < 1.29 is 4.74 Å². The lowest BCUT2D eigenvalue weighted by molar-refractivity contribution is 0.0365. The van der Waals surface area contributed by atoms with Crippen molar-refractivity contribution in [3.63, 3.8) is 0 Å². The van der Waals surface area contributed by atoms with E-state index in [4.69, 9.17) is 17.0 Å². The monoisotopic (exact) mass is 413 g/mol. The molecule has 2 unspecified atom stereocenters. The summed E-state index contributed by atoms with van der Waals surface area (Å²) >= 11 is 5.79. The van der Waals surface area contributed by atoms with Gasteiger partial charge in [0.15, 0.2) is 5.11 Å². The Morgan fingerprint density at radius 2 is 2.00 bits per heavy atom. The highest BCUT2D eigenvalue weighted by molar-refractivity contribution is 7.80. The van der Waals surface area contributed by atoms with Crippen LogP contribution < -0.4 is 5.32 Å². The highest BCUT2D eigenvalue weighted by Crippen LogP contribution is 2.40. The molecule has 2 aliphatic heterocycles. The maximum absolute atomic E-state index is 5.79. The van der Waals surface area contributed by atoms with Gasteiger partial charge in [0, 0.05) is 50.8 Å². The molecule has 2 aromatic rings.